The van der Waals surface area contributed by atoms with E-state index in [-0.39, 0.29) is 12.5 Å². The Morgan fingerprint density at radius 1 is 1.47 bits per heavy atom. The van der Waals surface area contributed by atoms with Crippen LogP contribution in [-0.4, -0.2) is 28.8 Å². The fourth-order valence-electron chi connectivity index (χ4n) is 1.82. The van der Waals surface area contributed by atoms with Gasteiger partial charge in [-0.3, -0.25) is 19.8 Å². The molecule has 17 heavy (non-hydrogen) atoms. The van der Waals surface area contributed by atoms with Crippen LogP contribution in [0.2, 0.25) is 0 Å². The molecule has 6 nitrogen and oxygen atoms in total. The smallest absolute Gasteiger partial charge is 0.331 e. The molecule has 2 rings (SSSR count). The second-order valence-electron chi connectivity index (χ2n) is 3.93. The van der Waals surface area contributed by atoms with E-state index in [1.54, 1.807) is 19.1 Å². The number of barbiturate groups is 1. The zero-order valence-electron chi connectivity index (χ0n) is 9.30. The van der Waals surface area contributed by atoms with E-state index >= 15 is 0 Å². The Morgan fingerprint density at radius 3 is 2.82 bits per heavy atom. The molecule has 0 bridgehead atoms. The highest BCUT2D eigenvalue weighted by molar-refractivity contribution is 6.14. The van der Waals surface area contributed by atoms with Crippen LogP contribution in [0, 0.1) is 0 Å². The van der Waals surface area contributed by atoms with Crippen LogP contribution < -0.4 is 5.32 Å². The van der Waals surface area contributed by atoms with Crippen LogP contribution in [-0.2, 0) is 16.0 Å². The van der Waals surface area contributed by atoms with E-state index in [1.165, 1.54) is 6.26 Å². The fraction of sp³-hybridized carbons (Fsp3) is 0.364. The summed E-state index contributed by atoms with van der Waals surface area (Å²) in [5, 5.41) is 2.12. The number of furan rings is 1. The van der Waals surface area contributed by atoms with Gasteiger partial charge in [0.1, 0.15) is 12.2 Å². The normalized spacial score (nSPS) is 18.2. The van der Waals surface area contributed by atoms with Gasteiger partial charge in [0.25, 0.3) is 0 Å². The summed E-state index contributed by atoms with van der Waals surface area (Å²) in [6.45, 7) is 1.73. The van der Waals surface area contributed by atoms with E-state index in [1.807, 2.05) is 0 Å². The van der Waals surface area contributed by atoms with Gasteiger partial charge in [0.2, 0.25) is 11.8 Å². The molecule has 0 aromatic carbocycles. The first-order chi connectivity index (χ1) is 8.08. The summed E-state index contributed by atoms with van der Waals surface area (Å²) in [6.07, 6.45) is 1.68. The highest BCUT2D eigenvalue weighted by atomic mass is 16.3. The van der Waals surface area contributed by atoms with Crippen molar-refractivity contribution in [2.45, 2.75) is 25.8 Å². The lowest BCUT2D eigenvalue weighted by Crippen LogP contribution is -2.56. The van der Waals surface area contributed by atoms with Gasteiger partial charge in [0.05, 0.1) is 6.26 Å². The third-order valence-corrected chi connectivity index (χ3v) is 2.56. The third-order valence-electron chi connectivity index (χ3n) is 2.56. The lowest BCUT2D eigenvalue weighted by atomic mass is 10.1. The summed E-state index contributed by atoms with van der Waals surface area (Å²) in [7, 11) is 0. The standard InChI is InChI=1S/C11H12N2O4/c1-7(5-8-3-2-4-17-8)13-10(15)6-9(14)12-11(13)16/h2-4,7H,5-6H2,1H3,(H,12,14,16). The van der Waals surface area contributed by atoms with Crippen LogP contribution in [0.4, 0.5) is 4.79 Å². The summed E-state index contributed by atoms with van der Waals surface area (Å²) in [6, 6.07) is 2.50. The fourth-order valence-corrected chi connectivity index (χ4v) is 1.82. The summed E-state index contributed by atoms with van der Waals surface area (Å²) >= 11 is 0. The van der Waals surface area contributed by atoms with Crippen LogP contribution >= 0.6 is 0 Å². The molecule has 1 aromatic heterocycles. The molecule has 1 unspecified atom stereocenters. The van der Waals surface area contributed by atoms with Crippen molar-refractivity contribution in [2.75, 3.05) is 0 Å². The molecule has 0 aliphatic carbocycles. The molecular formula is C11H12N2O4. The molecule has 1 fully saturated rings. The van der Waals surface area contributed by atoms with Crippen LogP contribution in [0.1, 0.15) is 19.1 Å². The number of hydrogen-bond acceptors (Lipinski definition) is 4. The first-order valence-electron chi connectivity index (χ1n) is 5.26. The zero-order chi connectivity index (χ0) is 12.4. The average molecular weight is 236 g/mol. The lowest BCUT2D eigenvalue weighted by Gasteiger charge is -2.29. The number of nitrogens with one attached hydrogen (secondary N) is 1. The first kappa shape index (κ1) is 11.4. The molecule has 1 aliphatic rings. The number of rotatable bonds is 3. The molecule has 0 radical (unpaired) electrons. The summed E-state index contributed by atoms with van der Waals surface area (Å²) < 4.78 is 5.15. The van der Waals surface area contributed by atoms with Gasteiger partial charge in [-0.2, -0.15) is 0 Å². The Balaban J connectivity index is 2.08. The Hall–Kier alpha value is -2.11. The Morgan fingerprint density at radius 2 is 2.24 bits per heavy atom. The molecule has 1 aromatic rings. The minimum atomic E-state index is -0.662. The minimum Gasteiger partial charge on any atom is -0.469 e. The summed E-state index contributed by atoms with van der Waals surface area (Å²) in [5.74, 6) is -0.339. The van der Waals surface area contributed by atoms with E-state index in [2.05, 4.69) is 5.32 Å². The molecule has 90 valence electrons. The van der Waals surface area contributed by atoms with Crippen molar-refractivity contribution in [1.82, 2.24) is 10.2 Å². The van der Waals surface area contributed by atoms with Gasteiger partial charge < -0.3 is 4.42 Å². The predicted octanol–water partition coefficient (Wildman–Crippen LogP) is 0.679. The summed E-state index contributed by atoms with van der Waals surface area (Å²) in [5.41, 5.74) is 0. The van der Waals surface area contributed by atoms with Crippen LogP contribution in [0.15, 0.2) is 22.8 Å². The maximum atomic E-state index is 11.6. The molecule has 2 heterocycles. The van der Waals surface area contributed by atoms with Crippen molar-refractivity contribution in [3.05, 3.63) is 24.2 Å². The highest BCUT2D eigenvalue weighted by Crippen LogP contribution is 2.13. The van der Waals surface area contributed by atoms with E-state index in [0.29, 0.717) is 12.2 Å². The molecule has 1 atom stereocenters. The van der Waals surface area contributed by atoms with Gasteiger partial charge >= 0.3 is 6.03 Å². The number of carbonyl (C=O) groups is 3. The number of urea groups is 1. The zero-order valence-corrected chi connectivity index (χ0v) is 9.30. The monoisotopic (exact) mass is 236 g/mol. The highest BCUT2D eigenvalue weighted by Gasteiger charge is 2.34. The van der Waals surface area contributed by atoms with Gasteiger partial charge in [-0.25, -0.2) is 4.79 Å². The lowest BCUT2D eigenvalue weighted by molar-refractivity contribution is -0.137. The van der Waals surface area contributed by atoms with E-state index < -0.39 is 17.8 Å². The number of amides is 4. The number of imide groups is 2. The molecule has 1 N–H and O–H groups in total. The maximum Gasteiger partial charge on any atom is 0.331 e. The molecule has 6 heteroatoms. The SMILES string of the molecule is CC(Cc1ccco1)N1C(=O)CC(=O)NC1=O. The Bertz CT molecular complexity index is 432. The Kier molecular flexibility index (Phi) is 2.95. The summed E-state index contributed by atoms with van der Waals surface area (Å²) in [4.78, 5) is 35.2. The third kappa shape index (κ3) is 2.35. The first-order valence-corrected chi connectivity index (χ1v) is 5.26. The molecule has 1 aliphatic heterocycles. The molecule has 0 spiro atoms. The van der Waals surface area contributed by atoms with Crippen LogP contribution in [0.3, 0.4) is 0 Å². The van der Waals surface area contributed by atoms with Crippen LogP contribution in [0.5, 0.6) is 0 Å². The maximum absolute atomic E-state index is 11.6. The number of carbonyl (C=O) groups excluding carboxylic acids is 3. The molecule has 0 saturated carbocycles. The Labute approximate surface area is 97.6 Å². The second-order valence-corrected chi connectivity index (χ2v) is 3.93. The van der Waals surface area contributed by atoms with Crippen molar-refractivity contribution in [2.24, 2.45) is 0 Å². The predicted molar refractivity (Wildman–Crippen MR) is 56.9 cm³/mol. The van der Waals surface area contributed by atoms with Gasteiger partial charge in [-0.15, -0.1) is 0 Å². The quantitative estimate of drug-likeness (QED) is 0.782. The van der Waals surface area contributed by atoms with Gasteiger partial charge in [0, 0.05) is 12.5 Å². The second kappa shape index (κ2) is 4.40. The van der Waals surface area contributed by atoms with Crippen molar-refractivity contribution in [3.63, 3.8) is 0 Å². The number of hydrogen-bond donors (Lipinski definition) is 1. The van der Waals surface area contributed by atoms with Crippen molar-refractivity contribution in [3.8, 4) is 0 Å². The van der Waals surface area contributed by atoms with E-state index in [4.69, 9.17) is 4.42 Å². The topological polar surface area (TPSA) is 79.6 Å². The van der Waals surface area contributed by atoms with Crippen molar-refractivity contribution in [1.29, 1.82) is 0 Å². The van der Waals surface area contributed by atoms with Gasteiger partial charge in [-0.1, -0.05) is 0 Å². The van der Waals surface area contributed by atoms with Gasteiger partial charge in [-0.05, 0) is 19.1 Å². The minimum absolute atomic E-state index is 0.283. The van der Waals surface area contributed by atoms with Crippen LogP contribution in [0.25, 0.3) is 0 Å². The number of nitrogens with zero attached hydrogens (tertiary/aromatic N) is 1. The largest absolute Gasteiger partial charge is 0.469 e. The molecule has 1 saturated heterocycles. The van der Waals surface area contributed by atoms with Crippen molar-refractivity contribution < 1.29 is 18.8 Å². The molecule has 4 amide bonds. The average Bonchev–Trinajstić information content (AvgIpc) is 2.68. The van der Waals surface area contributed by atoms with E-state index in [9.17, 15) is 14.4 Å². The van der Waals surface area contributed by atoms with Gasteiger partial charge in [0.15, 0.2) is 0 Å². The van der Waals surface area contributed by atoms with Crippen molar-refractivity contribution >= 4 is 17.8 Å². The molecular weight excluding hydrogens is 224 g/mol. The van der Waals surface area contributed by atoms with E-state index in [0.717, 1.165) is 4.90 Å².